The van der Waals surface area contributed by atoms with Crippen LogP contribution in [0.2, 0.25) is 0 Å². The van der Waals surface area contributed by atoms with Crippen molar-refractivity contribution < 1.29 is 0 Å². The van der Waals surface area contributed by atoms with Crippen LogP contribution in [0, 0.1) is 0 Å². The van der Waals surface area contributed by atoms with Gasteiger partial charge in [-0.3, -0.25) is 0 Å². The molecule has 390 valence electrons. The Balaban J connectivity index is 0.892. The monoisotopic (exact) mass is 1060 g/mol. The van der Waals surface area contributed by atoms with E-state index in [1.807, 2.05) is 0 Å². The summed E-state index contributed by atoms with van der Waals surface area (Å²) in [6.45, 7) is 0. The Labute approximate surface area is 482 Å². The average molecular weight is 1060 g/mol. The van der Waals surface area contributed by atoms with Gasteiger partial charge in [-0.2, -0.15) is 0 Å². The SMILES string of the molecule is c1ccc(-c2cccc(C3(c4ccccc4)c4cc(N(c5ccccc5)c5ccc(-n6c7ccccc7c7ccccc76)cc5)ccc4-c4ccc(N(c5ccccc5)c5ccc(-n6c7ccccc7c7ccccc76)cc5)cc43)c2)cc1. The Kier molecular flexibility index (Phi) is 11.4. The summed E-state index contributed by atoms with van der Waals surface area (Å²) in [7, 11) is 0. The third-order valence-electron chi connectivity index (χ3n) is 17.2. The summed E-state index contributed by atoms with van der Waals surface area (Å²) >= 11 is 0. The first-order valence-corrected chi connectivity index (χ1v) is 28.6. The molecule has 0 N–H and O–H groups in total. The largest absolute Gasteiger partial charge is 0.310 e. The number of aromatic nitrogens is 2. The Bertz CT molecular complexity index is 4530. The van der Waals surface area contributed by atoms with Gasteiger partial charge in [0.05, 0.1) is 27.5 Å². The maximum absolute atomic E-state index is 2.48. The van der Waals surface area contributed by atoms with Crippen molar-refractivity contribution in [1.82, 2.24) is 9.13 Å². The van der Waals surface area contributed by atoms with Crippen LogP contribution in [0.15, 0.2) is 328 Å². The molecule has 0 radical (unpaired) electrons. The molecule has 0 saturated carbocycles. The molecule has 0 unspecified atom stereocenters. The number of para-hydroxylation sites is 6. The van der Waals surface area contributed by atoms with Gasteiger partial charge in [0, 0.05) is 67.0 Å². The smallest absolute Gasteiger partial charge is 0.0715 e. The van der Waals surface area contributed by atoms with Gasteiger partial charge in [0.15, 0.2) is 0 Å². The van der Waals surface area contributed by atoms with Gasteiger partial charge in [0.1, 0.15) is 0 Å². The molecule has 1 aliphatic carbocycles. The lowest BCUT2D eigenvalue weighted by Gasteiger charge is -2.36. The van der Waals surface area contributed by atoms with Crippen LogP contribution in [0.25, 0.3) is 77.2 Å². The minimum Gasteiger partial charge on any atom is -0.310 e. The number of benzene rings is 13. The van der Waals surface area contributed by atoms with E-state index in [0.717, 1.165) is 45.5 Å². The molecule has 4 nitrogen and oxygen atoms in total. The van der Waals surface area contributed by atoms with Crippen molar-refractivity contribution in [3.8, 4) is 33.6 Å². The van der Waals surface area contributed by atoms with Crippen LogP contribution in [0.3, 0.4) is 0 Å². The van der Waals surface area contributed by atoms with Gasteiger partial charge in [0.2, 0.25) is 0 Å². The number of anilines is 6. The van der Waals surface area contributed by atoms with E-state index in [-0.39, 0.29) is 0 Å². The van der Waals surface area contributed by atoms with E-state index in [4.69, 9.17) is 0 Å². The Hall–Kier alpha value is -10.9. The van der Waals surface area contributed by atoms with Crippen molar-refractivity contribution in [2.24, 2.45) is 0 Å². The fraction of sp³-hybridized carbons (Fsp3) is 0.0127. The lowest BCUT2D eigenvalue weighted by molar-refractivity contribution is 0.768. The van der Waals surface area contributed by atoms with Crippen LogP contribution in [0.5, 0.6) is 0 Å². The molecule has 1 aliphatic rings. The van der Waals surface area contributed by atoms with Gasteiger partial charge in [-0.15, -0.1) is 0 Å². The Morgan fingerprint density at radius 1 is 0.229 bits per heavy atom. The van der Waals surface area contributed by atoms with Gasteiger partial charge in [-0.1, -0.05) is 200 Å². The highest BCUT2D eigenvalue weighted by molar-refractivity contribution is 6.10. The lowest BCUT2D eigenvalue weighted by Crippen LogP contribution is -2.29. The maximum Gasteiger partial charge on any atom is 0.0715 e. The highest BCUT2D eigenvalue weighted by atomic mass is 15.2. The van der Waals surface area contributed by atoms with Crippen molar-refractivity contribution in [2.45, 2.75) is 5.41 Å². The van der Waals surface area contributed by atoms with Crippen LogP contribution >= 0.6 is 0 Å². The van der Waals surface area contributed by atoms with Crippen LogP contribution < -0.4 is 9.80 Å². The topological polar surface area (TPSA) is 16.3 Å². The zero-order chi connectivity index (χ0) is 54.8. The molecule has 0 bridgehead atoms. The van der Waals surface area contributed by atoms with E-state index < -0.39 is 5.41 Å². The van der Waals surface area contributed by atoms with Gasteiger partial charge < -0.3 is 18.9 Å². The minimum atomic E-state index is -0.756. The molecule has 13 aromatic carbocycles. The molecule has 0 atom stereocenters. The molecular weight excluding hydrogens is 1000 g/mol. The standard InChI is InChI=1S/C79H54N4/c1-5-22-55(23-6-1)56-24-21-27-58(52-56)79(57-25-7-2-8-26-57)73-53-65(80(59-28-9-3-10-29-59)61-40-44-63(45-41-61)82-75-36-17-13-32-69(75)70-33-14-18-37-76(70)82)48-50-67(73)68-51-49-66(54-74(68)79)81(60-30-11-4-12-31-60)62-42-46-64(47-43-62)83-77-38-19-15-34-71(77)72-35-16-20-39-78(72)83/h1-54H. The summed E-state index contributed by atoms with van der Waals surface area (Å²) in [5.74, 6) is 0. The average Bonchev–Trinajstić information content (AvgIpc) is 1.76. The predicted octanol–water partition coefficient (Wildman–Crippen LogP) is 20.9. The molecule has 83 heavy (non-hydrogen) atoms. The second kappa shape index (κ2) is 19.7. The molecule has 4 heteroatoms. The van der Waals surface area contributed by atoms with Gasteiger partial charge in [-0.25, -0.2) is 0 Å². The van der Waals surface area contributed by atoms with Gasteiger partial charge in [-0.05, 0) is 172 Å². The molecule has 0 aliphatic heterocycles. The first-order chi connectivity index (χ1) is 41.2. The third kappa shape index (κ3) is 7.75. The van der Waals surface area contributed by atoms with Crippen molar-refractivity contribution in [3.63, 3.8) is 0 Å². The highest BCUT2D eigenvalue weighted by Crippen LogP contribution is 2.59. The number of nitrogens with zero attached hydrogens (tertiary/aromatic N) is 4. The Morgan fingerprint density at radius 3 is 0.976 bits per heavy atom. The molecule has 0 spiro atoms. The summed E-state index contributed by atoms with van der Waals surface area (Å²) in [6.07, 6.45) is 0. The number of hydrogen-bond donors (Lipinski definition) is 0. The summed E-state index contributed by atoms with van der Waals surface area (Å²) in [5.41, 5.74) is 22.3. The molecule has 0 amide bonds. The predicted molar refractivity (Wildman–Crippen MR) is 347 cm³/mol. The van der Waals surface area contributed by atoms with E-state index in [1.165, 1.54) is 88.1 Å². The third-order valence-corrected chi connectivity index (χ3v) is 17.2. The molecule has 16 rings (SSSR count). The van der Waals surface area contributed by atoms with Crippen molar-refractivity contribution in [1.29, 1.82) is 0 Å². The number of rotatable bonds is 11. The molecule has 2 heterocycles. The lowest BCUT2D eigenvalue weighted by atomic mass is 9.67. The summed E-state index contributed by atoms with van der Waals surface area (Å²) in [6, 6.07) is 120. The number of hydrogen-bond acceptors (Lipinski definition) is 2. The molecule has 0 saturated heterocycles. The molecule has 0 fully saturated rings. The van der Waals surface area contributed by atoms with Gasteiger partial charge >= 0.3 is 0 Å². The van der Waals surface area contributed by atoms with Crippen LogP contribution in [-0.2, 0) is 5.41 Å². The maximum atomic E-state index is 2.48. The van der Waals surface area contributed by atoms with Crippen LogP contribution in [-0.4, -0.2) is 9.13 Å². The van der Waals surface area contributed by atoms with E-state index in [9.17, 15) is 0 Å². The normalized spacial score (nSPS) is 12.4. The van der Waals surface area contributed by atoms with E-state index in [1.54, 1.807) is 0 Å². The van der Waals surface area contributed by atoms with Crippen molar-refractivity contribution in [2.75, 3.05) is 9.80 Å². The number of fused-ring (bicyclic) bond motifs is 9. The van der Waals surface area contributed by atoms with Crippen LogP contribution in [0.4, 0.5) is 34.1 Å². The van der Waals surface area contributed by atoms with Crippen molar-refractivity contribution >= 4 is 77.7 Å². The van der Waals surface area contributed by atoms with Crippen LogP contribution in [0.1, 0.15) is 22.3 Å². The fourth-order valence-corrected chi connectivity index (χ4v) is 13.6. The highest BCUT2D eigenvalue weighted by Gasteiger charge is 2.47. The van der Waals surface area contributed by atoms with Gasteiger partial charge in [0.25, 0.3) is 0 Å². The first-order valence-electron chi connectivity index (χ1n) is 28.6. The Morgan fingerprint density at radius 2 is 0.554 bits per heavy atom. The summed E-state index contributed by atoms with van der Waals surface area (Å²) in [5, 5.41) is 4.99. The second-order valence-electron chi connectivity index (χ2n) is 21.6. The van der Waals surface area contributed by atoms with E-state index in [2.05, 4.69) is 347 Å². The summed E-state index contributed by atoms with van der Waals surface area (Å²) < 4.78 is 4.78. The second-order valence-corrected chi connectivity index (χ2v) is 21.6. The molecule has 2 aromatic heterocycles. The first kappa shape index (κ1) is 48.0. The quantitative estimate of drug-likeness (QED) is 0.128. The molecular formula is C79H54N4. The molecule has 15 aromatic rings. The fourth-order valence-electron chi connectivity index (χ4n) is 13.6. The van der Waals surface area contributed by atoms with Crippen molar-refractivity contribution in [3.05, 3.63) is 350 Å². The van der Waals surface area contributed by atoms with E-state index >= 15 is 0 Å². The summed E-state index contributed by atoms with van der Waals surface area (Å²) in [4.78, 5) is 4.83. The van der Waals surface area contributed by atoms with E-state index in [0.29, 0.717) is 0 Å². The minimum absolute atomic E-state index is 0.756. The zero-order valence-electron chi connectivity index (χ0n) is 45.5. The zero-order valence-corrected chi connectivity index (χ0v) is 45.5.